The first-order valence-electron chi connectivity index (χ1n) is 7.82. The van der Waals surface area contributed by atoms with Gasteiger partial charge in [0, 0.05) is 24.7 Å². The Bertz CT molecular complexity index is 467. The highest BCUT2D eigenvalue weighted by Gasteiger charge is 2.25. The molecule has 0 bridgehead atoms. The van der Waals surface area contributed by atoms with E-state index in [1.165, 1.54) is 19.3 Å². The van der Waals surface area contributed by atoms with E-state index in [-0.39, 0.29) is 0 Å². The van der Waals surface area contributed by atoms with Gasteiger partial charge in [0.1, 0.15) is 5.75 Å². The van der Waals surface area contributed by atoms with Crippen LogP contribution in [0.4, 0.5) is 0 Å². The Kier molecular flexibility index (Phi) is 5.68. The fourth-order valence-corrected chi connectivity index (χ4v) is 3.12. The number of rotatable bonds is 5. The minimum atomic E-state index is -1.43. The smallest absolute Gasteiger partial charge is 0.488 e. The van der Waals surface area contributed by atoms with Gasteiger partial charge in [0.05, 0.1) is 7.11 Å². The fraction of sp³-hybridized carbons (Fsp3) is 0.625. The molecule has 0 amide bonds. The van der Waals surface area contributed by atoms with Crippen molar-refractivity contribution in [2.45, 2.75) is 45.7 Å². The molecule has 0 saturated carbocycles. The van der Waals surface area contributed by atoms with Crippen LogP contribution in [0.3, 0.4) is 0 Å². The summed E-state index contributed by atoms with van der Waals surface area (Å²) >= 11 is 0. The summed E-state index contributed by atoms with van der Waals surface area (Å²) in [6.45, 7) is 6.42. The molecule has 21 heavy (non-hydrogen) atoms. The fourth-order valence-electron chi connectivity index (χ4n) is 3.12. The summed E-state index contributed by atoms with van der Waals surface area (Å²) in [6, 6.07) is 5.91. The Balaban J connectivity index is 2.18. The molecule has 1 aliphatic rings. The maximum atomic E-state index is 9.35. The largest absolute Gasteiger partial charge is 0.496 e. The van der Waals surface area contributed by atoms with Crippen LogP contribution in [-0.4, -0.2) is 41.8 Å². The van der Waals surface area contributed by atoms with Gasteiger partial charge in [-0.05, 0) is 37.2 Å². The second-order valence-electron chi connectivity index (χ2n) is 6.08. The van der Waals surface area contributed by atoms with E-state index in [0.29, 0.717) is 11.5 Å². The van der Waals surface area contributed by atoms with Crippen molar-refractivity contribution in [3.05, 3.63) is 23.8 Å². The highest BCUT2D eigenvalue weighted by molar-refractivity contribution is 6.58. The number of piperidine rings is 1. The van der Waals surface area contributed by atoms with E-state index in [4.69, 9.17) is 4.74 Å². The maximum Gasteiger partial charge on any atom is 0.488 e. The van der Waals surface area contributed by atoms with E-state index < -0.39 is 7.12 Å². The van der Waals surface area contributed by atoms with Crippen LogP contribution in [0, 0.1) is 5.92 Å². The van der Waals surface area contributed by atoms with Crippen LogP contribution in [-0.2, 0) is 6.54 Å². The average Bonchev–Trinajstić information content (AvgIpc) is 2.49. The Labute approximate surface area is 127 Å². The predicted octanol–water partition coefficient (Wildman–Crippen LogP) is 1.39. The number of hydrogen-bond donors (Lipinski definition) is 2. The molecule has 1 aromatic rings. The van der Waals surface area contributed by atoms with Crippen LogP contribution in [0.1, 0.15) is 38.7 Å². The van der Waals surface area contributed by atoms with Crippen molar-refractivity contribution in [1.29, 1.82) is 0 Å². The number of ether oxygens (including phenoxy) is 1. The SMILES string of the molecule is CCC1CCC(C)N(Cc2cc(B(O)O)ccc2OC)C1. The molecule has 2 unspecified atom stereocenters. The lowest BCUT2D eigenvalue weighted by molar-refractivity contribution is 0.107. The maximum absolute atomic E-state index is 9.35. The summed E-state index contributed by atoms with van der Waals surface area (Å²) < 4.78 is 5.42. The zero-order chi connectivity index (χ0) is 15.4. The highest BCUT2D eigenvalue weighted by atomic mass is 16.5. The topological polar surface area (TPSA) is 52.9 Å². The Morgan fingerprint density at radius 3 is 2.71 bits per heavy atom. The lowest BCUT2D eigenvalue weighted by Gasteiger charge is -2.38. The molecular formula is C16H26BNO3. The molecule has 0 aliphatic carbocycles. The lowest BCUT2D eigenvalue weighted by atomic mass is 9.79. The molecule has 2 rings (SSSR count). The van der Waals surface area contributed by atoms with Crippen molar-refractivity contribution in [2.24, 2.45) is 5.92 Å². The van der Waals surface area contributed by atoms with Crippen molar-refractivity contribution in [3.63, 3.8) is 0 Å². The van der Waals surface area contributed by atoms with Gasteiger partial charge in [0.25, 0.3) is 0 Å². The van der Waals surface area contributed by atoms with Crippen molar-refractivity contribution >= 4 is 12.6 Å². The Morgan fingerprint density at radius 1 is 1.33 bits per heavy atom. The summed E-state index contributed by atoms with van der Waals surface area (Å²) in [5, 5.41) is 18.7. The van der Waals surface area contributed by atoms with Gasteiger partial charge in [-0.2, -0.15) is 0 Å². The molecule has 2 atom stereocenters. The number of methoxy groups -OCH3 is 1. The zero-order valence-electron chi connectivity index (χ0n) is 13.2. The number of hydrogen-bond acceptors (Lipinski definition) is 4. The molecule has 1 heterocycles. The second-order valence-corrected chi connectivity index (χ2v) is 6.08. The number of benzene rings is 1. The number of likely N-dealkylation sites (tertiary alicyclic amines) is 1. The molecule has 1 aliphatic heterocycles. The van der Waals surface area contributed by atoms with Gasteiger partial charge in [-0.25, -0.2) is 0 Å². The van der Waals surface area contributed by atoms with Crippen molar-refractivity contribution in [2.75, 3.05) is 13.7 Å². The van der Waals surface area contributed by atoms with E-state index in [9.17, 15) is 10.0 Å². The molecule has 5 heteroatoms. The standard InChI is InChI=1S/C16H26BNO3/c1-4-13-6-5-12(2)18(10-13)11-14-9-15(17(19)20)7-8-16(14)21-3/h7-9,12-13,19-20H,4-6,10-11H2,1-3H3. The highest BCUT2D eigenvalue weighted by Crippen LogP contribution is 2.27. The van der Waals surface area contributed by atoms with Crippen LogP contribution < -0.4 is 10.2 Å². The lowest BCUT2D eigenvalue weighted by Crippen LogP contribution is -2.41. The van der Waals surface area contributed by atoms with E-state index in [2.05, 4.69) is 18.7 Å². The molecule has 0 spiro atoms. The van der Waals surface area contributed by atoms with E-state index in [0.717, 1.165) is 30.3 Å². The van der Waals surface area contributed by atoms with Gasteiger partial charge in [-0.3, -0.25) is 4.90 Å². The van der Waals surface area contributed by atoms with Crippen LogP contribution in [0.25, 0.3) is 0 Å². The minimum absolute atomic E-state index is 0.516. The molecule has 116 valence electrons. The summed E-state index contributed by atoms with van der Waals surface area (Å²) in [5.74, 6) is 1.57. The molecule has 1 saturated heterocycles. The summed E-state index contributed by atoms with van der Waals surface area (Å²) in [5.41, 5.74) is 1.54. The van der Waals surface area contributed by atoms with Crippen LogP contribution >= 0.6 is 0 Å². The zero-order valence-corrected chi connectivity index (χ0v) is 13.2. The van der Waals surface area contributed by atoms with Gasteiger partial charge >= 0.3 is 7.12 Å². The second kappa shape index (κ2) is 7.30. The van der Waals surface area contributed by atoms with Gasteiger partial charge in [-0.1, -0.05) is 25.5 Å². The third-order valence-corrected chi connectivity index (χ3v) is 4.66. The average molecular weight is 291 g/mol. The molecule has 1 fully saturated rings. The van der Waals surface area contributed by atoms with Crippen molar-refractivity contribution < 1.29 is 14.8 Å². The summed E-state index contributed by atoms with van der Waals surface area (Å²) in [7, 11) is 0.222. The van der Waals surface area contributed by atoms with Crippen LogP contribution in [0.2, 0.25) is 0 Å². The summed E-state index contributed by atoms with van der Waals surface area (Å²) in [4.78, 5) is 2.48. The first-order chi connectivity index (χ1) is 10.0. The van der Waals surface area contributed by atoms with Gasteiger partial charge in [-0.15, -0.1) is 0 Å². The molecule has 0 aromatic heterocycles. The quantitative estimate of drug-likeness (QED) is 0.805. The van der Waals surface area contributed by atoms with Crippen molar-refractivity contribution in [1.82, 2.24) is 4.90 Å². The first kappa shape index (κ1) is 16.3. The van der Waals surface area contributed by atoms with E-state index >= 15 is 0 Å². The Hall–Kier alpha value is -1.04. The van der Waals surface area contributed by atoms with Gasteiger partial charge < -0.3 is 14.8 Å². The molecule has 1 aromatic carbocycles. The van der Waals surface area contributed by atoms with E-state index in [1.807, 2.05) is 12.1 Å². The molecule has 4 nitrogen and oxygen atoms in total. The van der Waals surface area contributed by atoms with Crippen molar-refractivity contribution in [3.8, 4) is 5.75 Å². The van der Waals surface area contributed by atoms with Gasteiger partial charge in [0.15, 0.2) is 0 Å². The minimum Gasteiger partial charge on any atom is -0.496 e. The molecular weight excluding hydrogens is 265 g/mol. The first-order valence-corrected chi connectivity index (χ1v) is 7.82. The third-order valence-electron chi connectivity index (χ3n) is 4.66. The monoisotopic (exact) mass is 291 g/mol. The predicted molar refractivity (Wildman–Crippen MR) is 85.7 cm³/mol. The van der Waals surface area contributed by atoms with Gasteiger partial charge in [0.2, 0.25) is 0 Å². The van der Waals surface area contributed by atoms with Crippen LogP contribution in [0.5, 0.6) is 5.75 Å². The molecule has 0 radical (unpaired) electrons. The third kappa shape index (κ3) is 3.99. The summed E-state index contributed by atoms with van der Waals surface area (Å²) in [6.07, 6.45) is 3.75. The van der Waals surface area contributed by atoms with Crippen LogP contribution in [0.15, 0.2) is 18.2 Å². The Morgan fingerprint density at radius 2 is 2.10 bits per heavy atom. The van der Waals surface area contributed by atoms with E-state index in [1.54, 1.807) is 13.2 Å². The normalized spacial score (nSPS) is 23.1. The molecule has 2 N–H and O–H groups in total. The number of nitrogens with zero attached hydrogens (tertiary/aromatic N) is 1.